The fourth-order valence-corrected chi connectivity index (χ4v) is 2.95. The molecule has 6 heteroatoms. The molecule has 6 nitrogen and oxygen atoms in total. The molecule has 0 saturated heterocycles. The highest BCUT2D eigenvalue weighted by Crippen LogP contribution is 2.24. The summed E-state index contributed by atoms with van der Waals surface area (Å²) in [6.07, 6.45) is 1.49. The minimum Gasteiger partial charge on any atom is -0.477 e. The van der Waals surface area contributed by atoms with Crippen LogP contribution in [0.25, 0.3) is 21.9 Å². The van der Waals surface area contributed by atoms with Gasteiger partial charge in [0.05, 0.1) is 0 Å². The molecule has 0 aliphatic rings. The summed E-state index contributed by atoms with van der Waals surface area (Å²) < 4.78 is 6.34. The first-order valence-corrected chi connectivity index (χ1v) is 8.83. The van der Waals surface area contributed by atoms with Gasteiger partial charge in [-0.2, -0.15) is 0 Å². The molecule has 0 amide bonds. The van der Waals surface area contributed by atoms with Gasteiger partial charge in [0.15, 0.2) is 0 Å². The highest BCUT2D eigenvalue weighted by Gasteiger charge is 2.20. The predicted octanol–water partition coefficient (Wildman–Crippen LogP) is 3.71. The molecule has 1 N–H and O–H groups in total. The second-order valence-electron chi connectivity index (χ2n) is 7.53. The van der Waals surface area contributed by atoms with Gasteiger partial charge in [0.1, 0.15) is 17.7 Å². The van der Waals surface area contributed by atoms with Gasteiger partial charge >= 0.3 is 11.9 Å². The van der Waals surface area contributed by atoms with Crippen molar-refractivity contribution in [2.24, 2.45) is 0 Å². The fraction of sp³-hybridized carbons (Fsp3) is 0.227. The number of rotatable bonds is 4. The van der Waals surface area contributed by atoms with Crippen LogP contribution < -0.4 is 5.56 Å². The van der Waals surface area contributed by atoms with Gasteiger partial charge in [0, 0.05) is 6.20 Å². The molecule has 0 saturated carbocycles. The number of carbonyl (C=O) groups excluding carboxylic acids is 1. The standard InChI is InChI=1S/C22H21NO5/c1-22(2,3)28-19(24)13-23-12-17(11-18(20(23)25)21(26)27)16-9-8-14-6-4-5-7-15(14)10-16/h4-12H,13H2,1-3H3,(H,26,27). The van der Waals surface area contributed by atoms with Crippen LogP contribution in [0, 0.1) is 0 Å². The third-order valence-electron chi connectivity index (χ3n) is 4.12. The van der Waals surface area contributed by atoms with Gasteiger partial charge in [-0.3, -0.25) is 9.59 Å². The van der Waals surface area contributed by atoms with Crippen molar-refractivity contribution in [1.29, 1.82) is 0 Å². The molecular weight excluding hydrogens is 358 g/mol. The van der Waals surface area contributed by atoms with Crippen LogP contribution in [-0.2, 0) is 16.1 Å². The molecule has 0 unspecified atom stereocenters. The maximum absolute atomic E-state index is 12.5. The second-order valence-corrected chi connectivity index (χ2v) is 7.53. The van der Waals surface area contributed by atoms with Gasteiger partial charge in [-0.25, -0.2) is 4.79 Å². The molecule has 0 atom stereocenters. The van der Waals surface area contributed by atoms with Crippen molar-refractivity contribution in [2.75, 3.05) is 0 Å². The lowest BCUT2D eigenvalue weighted by Gasteiger charge is -2.20. The summed E-state index contributed by atoms with van der Waals surface area (Å²) in [5, 5.41) is 11.5. The molecule has 0 spiro atoms. The first-order valence-electron chi connectivity index (χ1n) is 8.83. The predicted molar refractivity (Wildman–Crippen MR) is 106 cm³/mol. The van der Waals surface area contributed by atoms with Crippen LogP contribution in [0.5, 0.6) is 0 Å². The zero-order valence-electron chi connectivity index (χ0n) is 15.9. The van der Waals surface area contributed by atoms with E-state index in [0.29, 0.717) is 5.56 Å². The summed E-state index contributed by atoms with van der Waals surface area (Å²) in [7, 11) is 0. The average Bonchev–Trinajstić information content (AvgIpc) is 2.61. The first-order chi connectivity index (χ1) is 13.1. The SMILES string of the molecule is CC(C)(C)OC(=O)Cn1cc(-c2ccc3ccccc3c2)cc(C(=O)O)c1=O. The van der Waals surface area contributed by atoms with E-state index >= 15 is 0 Å². The minimum absolute atomic E-state index is 0.363. The number of benzene rings is 2. The smallest absolute Gasteiger partial charge is 0.341 e. The molecule has 0 fully saturated rings. The number of pyridine rings is 1. The number of carboxylic acids is 1. The molecule has 0 bridgehead atoms. The monoisotopic (exact) mass is 379 g/mol. The zero-order valence-corrected chi connectivity index (χ0v) is 15.9. The van der Waals surface area contributed by atoms with E-state index in [4.69, 9.17) is 4.74 Å². The Hall–Kier alpha value is -3.41. The average molecular weight is 379 g/mol. The Kier molecular flexibility index (Phi) is 5.05. The molecular formula is C22H21NO5. The van der Waals surface area contributed by atoms with Gasteiger partial charge in [-0.15, -0.1) is 0 Å². The molecule has 0 aliphatic heterocycles. The molecule has 2 aromatic carbocycles. The number of aromatic nitrogens is 1. The topological polar surface area (TPSA) is 85.6 Å². The normalized spacial score (nSPS) is 11.4. The lowest BCUT2D eigenvalue weighted by Crippen LogP contribution is -2.32. The number of hydrogen-bond acceptors (Lipinski definition) is 4. The van der Waals surface area contributed by atoms with Crippen molar-refractivity contribution in [1.82, 2.24) is 4.57 Å². The van der Waals surface area contributed by atoms with Crippen molar-refractivity contribution in [3.63, 3.8) is 0 Å². The molecule has 28 heavy (non-hydrogen) atoms. The number of carboxylic acid groups (broad SMARTS) is 1. The van der Waals surface area contributed by atoms with Crippen molar-refractivity contribution >= 4 is 22.7 Å². The first kappa shape index (κ1) is 19.4. The largest absolute Gasteiger partial charge is 0.477 e. The van der Waals surface area contributed by atoms with Crippen LogP contribution in [0.15, 0.2) is 59.5 Å². The number of ether oxygens (including phenoxy) is 1. The molecule has 1 heterocycles. The van der Waals surface area contributed by atoms with E-state index < -0.39 is 28.7 Å². The van der Waals surface area contributed by atoms with E-state index in [1.807, 2.05) is 42.5 Å². The van der Waals surface area contributed by atoms with Crippen LogP contribution in [0.4, 0.5) is 0 Å². The quantitative estimate of drug-likeness (QED) is 0.699. The van der Waals surface area contributed by atoms with Crippen LogP contribution in [0.3, 0.4) is 0 Å². The number of fused-ring (bicyclic) bond motifs is 1. The van der Waals surface area contributed by atoms with E-state index in [1.165, 1.54) is 12.3 Å². The van der Waals surface area contributed by atoms with Crippen molar-refractivity contribution in [2.45, 2.75) is 32.9 Å². The van der Waals surface area contributed by atoms with E-state index in [1.54, 1.807) is 20.8 Å². The van der Waals surface area contributed by atoms with Gasteiger partial charge in [-0.05, 0) is 54.8 Å². The van der Waals surface area contributed by atoms with E-state index in [2.05, 4.69) is 0 Å². The lowest BCUT2D eigenvalue weighted by atomic mass is 10.0. The van der Waals surface area contributed by atoms with Gasteiger partial charge in [0.25, 0.3) is 5.56 Å². The van der Waals surface area contributed by atoms with Crippen molar-refractivity contribution < 1.29 is 19.4 Å². The van der Waals surface area contributed by atoms with E-state index in [0.717, 1.165) is 20.9 Å². The minimum atomic E-state index is -1.34. The Labute approximate surface area is 162 Å². The lowest BCUT2D eigenvalue weighted by molar-refractivity contribution is -0.155. The van der Waals surface area contributed by atoms with Crippen molar-refractivity contribution in [3.05, 3.63) is 70.6 Å². The number of nitrogens with zero attached hydrogens (tertiary/aromatic N) is 1. The van der Waals surface area contributed by atoms with Crippen LogP contribution >= 0.6 is 0 Å². The molecule has 3 rings (SSSR count). The number of carbonyl (C=O) groups is 2. The van der Waals surface area contributed by atoms with Crippen LogP contribution in [0.1, 0.15) is 31.1 Å². The summed E-state index contributed by atoms with van der Waals surface area (Å²) >= 11 is 0. The third-order valence-corrected chi connectivity index (χ3v) is 4.12. The van der Waals surface area contributed by atoms with E-state index in [-0.39, 0.29) is 6.54 Å². The Balaban J connectivity index is 2.08. The molecule has 3 aromatic rings. The third kappa shape index (κ3) is 4.28. The number of aromatic carboxylic acids is 1. The fourth-order valence-electron chi connectivity index (χ4n) is 2.95. The van der Waals surface area contributed by atoms with Crippen LogP contribution in [0.2, 0.25) is 0 Å². The Morgan fingerprint density at radius 3 is 2.32 bits per heavy atom. The highest BCUT2D eigenvalue weighted by atomic mass is 16.6. The Morgan fingerprint density at radius 1 is 1.00 bits per heavy atom. The molecule has 1 aromatic heterocycles. The zero-order chi connectivity index (χ0) is 20.5. The summed E-state index contributed by atoms with van der Waals surface area (Å²) in [5.41, 5.74) is -0.561. The van der Waals surface area contributed by atoms with Gasteiger partial charge < -0.3 is 14.4 Å². The van der Waals surface area contributed by atoms with Gasteiger partial charge in [0.2, 0.25) is 0 Å². The Morgan fingerprint density at radius 2 is 1.68 bits per heavy atom. The summed E-state index contributed by atoms with van der Waals surface area (Å²) in [6, 6.07) is 14.8. The Bertz CT molecular complexity index is 1120. The van der Waals surface area contributed by atoms with E-state index in [9.17, 15) is 19.5 Å². The molecule has 144 valence electrons. The van der Waals surface area contributed by atoms with Crippen LogP contribution in [-0.4, -0.2) is 27.2 Å². The summed E-state index contributed by atoms with van der Waals surface area (Å²) in [6.45, 7) is 4.81. The second kappa shape index (κ2) is 7.31. The van der Waals surface area contributed by atoms with Gasteiger partial charge in [-0.1, -0.05) is 36.4 Å². The summed E-state index contributed by atoms with van der Waals surface area (Å²) in [5.74, 6) is -1.95. The maximum Gasteiger partial charge on any atom is 0.341 e. The summed E-state index contributed by atoms with van der Waals surface area (Å²) in [4.78, 5) is 36.2. The molecule has 0 radical (unpaired) electrons. The molecule has 0 aliphatic carbocycles. The number of hydrogen-bond donors (Lipinski definition) is 1. The van der Waals surface area contributed by atoms with Crippen molar-refractivity contribution in [3.8, 4) is 11.1 Å². The maximum atomic E-state index is 12.5. The number of esters is 1. The highest BCUT2D eigenvalue weighted by molar-refractivity contribution is 5.91.